The van der Waals surface area contributed by atoms with E-state index in [0.717, 1.165) is 77.0 Å². The van der Waals surface area contributed by atoms with Crippen molar-refractivity contribution in [2.45, 2.75) is 267 Å². The fourth-order valence-electron chi connectivity index (χ4n) is 9.11. The highest BCUT2D eigenvalue weighted by molar-refractivity contribution is 5.76. The van der Waals surface area contributed by atoms with Gasteiger partial charge in [0.1, 0.15) is 48.8 Å². The van der Waals surface area contributed by atoms with Crippen LogP contribution in [0.25, 0.3) is 0 Å². The van der Waals surface area contributed by atoms with Crippen LogP contribution in [0.2, 0.25) is 0 Å². The summed E-state index contributed by atoms with van der Waals surface area (Å²) < 4.78 is 22.7. The molecule has 0 spiro atoms. The molecule has 2 saturated heterocycles. The molecule has 0 aromatic heterocycles. The van der Waals surface area contributed by atoms with Crippen LogP contribution in [0.5, 0.6) is 0 Å². The summed E-state index contributed by atoms with van der Waals surface area (Å²) in [6.45, 7) is 2.63. The van der Waals surface area contributed by atoms with Crippen molar-refractivity contribution >= 4 is 5.91 Å². The summed E-state index contributed by atoms with van der Waals surface area (Å²) in [6, 6.07) is -0.958. The standard InChI is InChI=1S/C64H107NO13/c1-3-5-7-9-11-13-15-17-19-21-23-24-25-26-27-28-30-32-34-36-38-40-42-44-46-48-56(69)65-52(53(68)47-45-43-41-39-37-35-33-31-29-22-20-18-16-14-12-10-8-6-4-2)51-75-63-61(74)59(72)62(55(50-67)77-63)78-64-60(73)58(71)57(70)54(49-66)76-64/h5,7,11,13,17,19,23-24,26-27,30,32,36-39,45,47,52-55,57-64,66-68,70-74H,3-4,6,8-10,12,14-16,18,20-22,25,28-29,31,33-35,40-44,46,48-51H2,1-2H3,(H,65,69)/b7-5-,13-11-,19-17-,24-23-,27-26-,32-30-,38-36-,39-37+,47-45+. The Hall–Kier alpha value is -3.35. The van der Waals surface area contributed by atoms with Crippen LogP contribution in [0.1, 0.15) is 194 Å². The van der Waals surface area contributed by atoms with Crippen molar-refractivity contribution in [1.29, 1.82) is 0 Å². The number of hydrogen-bond donors (Lipinski definition) is 9. The number of unbranched alkanes of at least 4 members (excludes halogenated alkanes) is 17. The predicted molar refractivity (Wildman–Crippen MR) is 313 cm³/mol. The molecule has 2 fully saturated rings. The van der Waals surface area contributed by atoms with Gasteiger partial charge in [0.05, 0.1) is 32.0 Å². The molecule has 0 bridgehead atoms. The zero-order valence-electron chi connectivity index (χ0n) is 47.9. The Morgan fingerprint density at radius 1 is 0.474 bits per heavy atom. The molecule has 12 atom stereocenters. The van der Waals surface area contributed by atoms with Crippen LogP contribution in [0.4, 0.5) is 0 Å². The Kier molecular flexibility index (Phi) is 43.9. The average Bonchev–Trinajstić information content (AvgIpc) is 3.44. The van der Waals surface area contributed by atoms with Crippen LogP contribution in [-0.2, 0) is 23.7 Å². The fraction of sp³-hybridized carbons (Fsp3) is 0.703. The molecule has 14 heteroatoms. The lowest BCUT2D eigenvalue weighted by Gasteiger charge is -2.46. The lowest BCUT2D eigenvalue weighted by Crippen LogP contribution is -2.65. The van der Waals surface area contributed by atoms with Crippen LogP contribution in [0.15, 0.2) is 109 Å². The molecule has 2 rings (SSSR count). The van der Waals surface area contributed by atoms with Crippen molar-refractivity contribution in [3.63, 3.8) is 0 Å². The van der Waals surface area contributed by atoms with Gasteiger partial charge in [-0.3, -0.25) is 4.79 Å². The molecule has 78 heavy (non-hydrogen) atoms. The number of aliphatic hydroxyl groups excluding tert-OH is 8. The molecule has 14 nitrogen and oxygen atoms in total. The highest BCUT2D eigenvalue weighted by Gasteiger charge is 2.51. The van der Waals surface area contributed by atoms with E-state index in [9.17, 15) is 45.6 Å². The molecule has 2 heterocycles. The van der Waals surface area contributed by atoms with Gasteiger partial charge in [0.2, 0.25) is 5.91 Å². The fourth-order valence-corrected chi connectivity index (χ4v) is 9.11. The maximum absolute atomic E-state index is 13.3. The lowest BCUT2D eigenvalue weighted by molar-refractivity contribution is -0.359. The lowest BCUT2D eigenvalue weighted by atomic mass is 9.97. The number of hydrogen-bond acceptors (Lipinski definition) is 13. The van der Waals surface area contributed by atoms with Gasteiger partial charge >= 0.3 is 0 Å². The van der Waals surface area contributed by atoms with Crippen molar-refractivity contribution in [3.05, 3.63) is 109 Å². The van der Waals surface area contributed by atoms with E-state index >= 15 is 0 Å². The van der Waals surface area contributed by atoms with Gasteiger partial charge in [-0.2, -0.15) is 0 Å². The van der Waals surface area contributed by atoms with Crippen molar-refractivity contribution in [3.8, 4) is 0 Å². The first-order valence-electron chi connectivity index (χ1n) is 30.1. The Morgan fingerprint density at radius 3 is 1.41 bits per heavy atom. The number of allylic oxidation sites excluding steroid dienone is 17. The van der Waals surface area contributed by atoms with E-state index in [1.807, 2.05) is 6.08 Å². The topological polar surface area (TPSA) is 228 Å². The molecule has 0 aromatic carbocycles. The number of nitrogens with one attached hydrogen (secondary N) is 1. The quantitative estimate of drug-likeness (QED) is 0.0204. The maximum atomic E-state index is 13.3. The number of carbonyl (C=O) groups is 1. The van der Waals surface area contributed by atoms with E-state index < -0.39 is 86.8 Å². The molecule has 12 unspecified atom stereocenters. The number of amides is 1. The predicted octanol–water partition coefficient (Wildman–Crippen LogP) is 10.4. The van der Waals surface area contributed by atoms with Crippen LogP contribution >= 0.6 is 0 Å². The SMILES string of the molecule is CC/C=C\C/C=C\C/C=C\C/C=C\C/C=C\C/C=C\C/C=C\CCCCCC(=O)NC(COC1OC(CO)C(OC2OC(CO)C(O)C(O)C2O)C(O)C1O)C(O)/C=C/CC/C=C/CCCCCCCCCCCCCCC. The molecular formula is C64H107NO13. The number of aliphatic hydroxyl groups is 8. The normalized spacial score (nSPS) is 25.4. The van der Waals surface area contributed by atoms with Crippen molar-refractivity contribution in [1.82, 2.24) is 5.32 Å². The smallest absolute Gasteiger partial charge is 0.220 e. The summed E-state index contributed by atoms with van der Waals surface area (Å²) in [4.78, 5) is 13.3. The van der Waals surface area contributed by atoms with E-state index in [1.165, 1.54) is 83.5 Å². The monoisotopic (exact) mass is 1100 g/mol. The second-order valence-corrected chi connectivity index (χ2v) is 20.7. The molecule has 446 valence electrons. The summed E-state index contributed by atoms with van der Waals surface area (Å²) in [5.41, 5.74) is 0. The van der Waals surface area contributed by atoms with Crippen LogP contribution in [-0.4, -0.2) is 140 Å². The second-order valence-electron chi connectivity index (χ2n) is 20.7. The van der Waals surface area contributed by atoms with Gasteiger partial charge in [0.25, 0.3) is 0 Å². The van der Waals surface area contributed by atoms with Gasteiger partial charge in [-0.05, 0) is 89.9 Å². The average molecular weight is 1100 g/mol. The van der Waals surface area contributed by atoms with E-state index in [4.69, 9.17) is 18.9 Å². The van der Waals surface area contributed by atoms with Crippen molar-refractivity contribution in [2.75, 3.05) is 19.8 Å². The largest absolute Gasteiger partial charge is 0.394 e. The minimum absolute atomic E-state index is 0.226. The van der Waals surface area contributed by atoms with Gasteiger partial charge in [-0.25, -0.2) is 0 Å². The van der Waals surface area contributed by atoms with Crippen LogP contribution in [0, 0.1) is 0 Å². The Bertz CT molecular complexity index is 1720. The Morgan fingerprint density at radius 2 is 0.897 bits per heavy atom. The molecule has 2 aliphatic rings. The zero-order valence-corrected chi connectivity index (χ0v) is 47.9. The van der Waals surface area contributed by atoms with Gasteiger partial charge < -0.3 is 65.1 Å². The first-order chi connectivity index (χ1) is 38.1. The Balaban J connectivity index is 1.81. The highest BCUT2D eigenvalue weighted by Crippen LogP contribution is 2.30. The van der Waals surface area contributed by atoms with E-state index in [1.54, 1.807) is 6.08 Å². The molecule has 0 aliphatic carbocycles. The van der Waals surface area contributed by atoms with Gasteiger partial charge in [-0.1, -0.05) is 207 Å². The summed E-state index contributed by atoms with van der Waals surface area (Å²) in [5.74, 6) is -0.285. The summed E-state index contributed by atoms with van der Waals surface area (Å²) in [6.07, 6.45) is 51.2. The van der Waals surface area contributed by atoms with E-state index in [-0.39, 0.29) is 18.9 Å². The molecule has 2 aliphatic heterocycles. The minimum atomic E-state index is -1.80. The van der Waals surface area contributed by atoms with E-state index in [0.29, 0.717) is 12.8 Å². The highest BCUT2D eigenvalue weighted by atomic mass is 16.7. The van der Waals surface area contributed by atoms with Crippen molar-refractivity contribution in [2.24, 2.45) is 0 Å². The summed E-state index contributed by atoms with van der Waals surface area (Å²) in [5, 5.41) is 87.1. The minimum Gasteiger partial charge on any atom is -0.394 e. The summed E-state index contributed by atoms with van der Waals surface area (Å²) >= 11 is 0. The second kappa shape index (κ2) is 48.4. The van der Waals surface area contributed by atoms with Gasteiger partial charge in [-0.15, -0.1) is 0 Å². The third kappa shape index (κ3) is 33.4. The van der Waals surface area contributed by atoms with Gasteiger partial charge in [0, 0.05) is 6.42 Å². The summed E-state index contributed by atoms with van der Waals surface area (Å²) in [7, 11) is 0. The number of ether oxygens (including phenoxy) is 4. The maximum Gasteiger partial charge on any atom is 0.220 e. The van der Waals surface area contributed by atoms with Crippen molar-refractivity contribution < 1.29 is 64.6 Å². The molecule has 9 N–H and O–H groups in total. The number of carbonyl (C=O) groups excluding carboxylic acids is 1. The zero-order chi connectivity index (χ0) is 56.7. The first-order valence-corrected chi connectivity index (χ1v) is 30.1. The molecule has 0 radical (unpaired) electrons. The van der Waals surface area contributed by atoms with Gasteiger partial charge in [0.15, 0.2) is 12.6 Å². The molecular weight excluding hydrogens is 991 g/mol. The number of rotatable bonds is 46. The molecule has 1 amide bonds. The van der Waals surface area contributed by atoms with E-state index in [2.05, 4.69) is 116 Å². The third-order valence-corrected chi connectivity index (χ3v) is 13.9. The molecule has 0 aromatic rings. The van der Waals surface area contributed by atoms with Crippen LogP contribution < -0.4 is 5.32 Å². The third-order valence-electron chi connectivity index (χ3n) is 13.9. The molecule has 0 saturated carbocycles. The first kappa shape index (κ1) is 70.8. The Labute approximate surface area is 470 Å². The van der Waals surface area contributed by atoms with Crippen LogP contribution in [0.3, 0.4) is 0 Å².